The van der Waals surface area contributed by atoms with E-state index in [1.807, 2.05) is 12.1 Å². The fourth-order valence-corrected chi connectivity index (χ4v) is 2.05. The lowest BCUT2D eigenvalue weighted by Crippen LogP contribution is -2.12. The quantitative estimate of drug-likeness (QED) is 0.888. The summed E-state index contributed by atoms with van der Waals surface area (Å²) in [5, 5.41) is 2.81. The summed E-state index contributed by atoms with van der Waals surface area (Å²) in [6.45, 7) is 0. The van der Waals surface area contributed by atoms with Crippen LogP contribution < -0.4 is 5.32 Å². The number of carbonyl (C=O) groups excluding carboxylic acids is 1. The van der Waals surface area contributed by atoms with Crippen molar-refractivity contribution in [1.82, 2.24) is 4.98 Å². The van der Waals surface area contributed by atoms with Gasteiger partial charge in [-0.25, -0.2) is 0 Å². The van der Waals surface area contributed by atoms with Crippen LogP contribution >= 0.6 is 31.9 Å². The van der Waals surface area contributed by atoms with Crippen LogP contribution in [0.15, 0.2) is 51.7 Å². The van der Waals surface area contributed by atoms with Crippen LogP contribution in [0.5, 0.6) is 0 Å². The summed E-state index contributed by atoms with van der Waals surface area (Å²) >= 11 is 6.66. The zero-order valence-corrected chi connectivity index (χ0v) is 11.8. The summed E-state index contributed by atoms with van der Waals surface area (Å²) in [6, 6.07) is 8.96. The van der Waals surface area contributed by atoms with E-state index in [1.54, 1.807) is 30.6 Å². The summed E-state index contributed by atoms with van der Waals surface area (Å²) in [5.41, 5.74) is 1.30. The van der Waals surface area contributed by atoms with E-state index in [1.165, 1.54) is 0 Å². The normalized spacial score (nSPS) is 10.0. The van der Waals surface area contributed by atoms with E-state index in [4.69, 9.17) is 0 Å². The van der Waals surface area contributed by atoms with Gasteiger partial charge < -0.3 is 5.32 Å². The van der Waals surface area contributed by atoms with Gasteiger partial charge in [-0.3, -0.25) is 9.78 Å². The monoisotopic (exact) mass is 354 g/mol. The molecule has 1 aromatic heterocycles. The van der Waals surface area contributed by atoms with Gasteiger partial charge in [-0.1, -0.05) is 22.0 Å². The molecule has 0 bridgehead atoms. The number of benzene rings is 1. The molecule has 1 aromatic carbocycles. The Morgan fingerprint density at radius 1 is 1.24 bits per heavy atom. The largest absolute Gasteiger partial charge is 0.321 e. The van der Waals surface area contributed by atoms with Gasteiger partial charge in [0.25, 0.3) is 5.91 Å². The highest BCUT2D eigenvalue weighted by molar-refractivity contribution is 9.10. The van der Waals surface area contributed by atoms with E-state index in [0.717, 1.165) is 8.95 Å². The van der Waals surface area contributed by atoms with Crippen LogP contribution in [0.2, 0.25) is 0 Å². The molecule has 2 rings (SSSR count). The molecule has 17 heavy (non-hydrogen) atoms. The summed E-state index contributed by atoms with van der Waals surface area (Å²) < 4.78 is 1.63. The molecule has 0 fully saturated rings. The van der Waals surface area contributed by atoms with Crippen molar-refractivity contribution in [2.45, 2.75) is 0 Å². The maximum atomic E-state index is 11.9. The fourth-order valence-electron chi connectivity index (χ4n) is 1.30. The highest BCUT2D eigenvalue weighted by atomic mass is 79.9. The molecule has 0 aliphatic carbocycles. The molecule has 1 N–H and O–H groups in total. The highest BCUT2D eigenvalue weighted by Gasteiger charge is 2.08. The number of nitrogens with one attached hydrogen (secondary N) is 1. The van der Waals surface area contributed by atoms with E-state index in [-0.39, 0.29) is 5.91 Å². The number of carbonyl (C=O) groups is 1. The number of pyridine rings is 1. The van der Waals surface area contributed by atoms with E-state index in [2.05, 4.69) is 42.2 Å². The first-order chi connectivity index (χ1) is 8.16. The van der Waals surface area contributed by atoms with E-state index in [0.29, 0.717) is 11.3 Å². The second-order valence-electron chi connectivity index (χ2n) is 3.32. The van der Waals surface area contributed by atoms with Crippen molar-refractivity contribution in [1.29, 1.82) is 0 Å². The second kappa shape index (κ2) is 5.42. The van der Waals surface area contributed by atoms with Crippen molar-refractivity contribution in [2.75, 3.05) is 5.32 Å². The van der Waals surface area contributed by atoms with Crippen LogP contribution in [0.25, 0.3) is 0 Å². The van der Waals surface area contributed by atoms with Crippen molar-refractivity contribution in [3.8, 4) is 0 Å². The van der Waals surface area contributed by atoms with Crippen molar-refractivity contribution >= 4 is 43.5 Å². The van der Waals surface area contributed by atoms with Gasteiger partial charge in [-0.15, -0.1) is 0 Å². The maximum Gasteiger partial charge on any atom is 0.255 e. The summed E-state index contributed by atoms with van der Waals surface area (Å²) in [7, 11) is 0. The van der Waals surface area contributed by atoms with E-state index >= 15 is 0 Å². The Balaban J connectivity index is 2.20. The lowest BCUT2D eigenvalue weighted by molar-refractivity contribution is 0.102. The molecule has 0 atom stereocenters. The van der Waals surface area contributed by atoms with Crippen molar-refractivity contribution in [2.24, 2.45) is 0 Å². The highest BCUT2D eigenvalue weighted by Crippen LogP contribution is 2.21. The molecule has 2 aromatic rings. The molecule has 0 radical (unpaired) electrons. The van der Waals surface area contributed by atoms with E-state index in [9.17, 15) is 4.79 Å². The molecule has 0 unspecified atom stereocenters. The van der Waals surface area contributed by atoms with Gasteiger partial charge in [0.2, 0.25) is 0 Å². The maximum absolute atomic E-state index is 11.9. The molecular formula is C12H8Br2N2O. The first-order valence-electron chi connectivity index (χ1n) is 4.83. The minimum atomic E-state index is -0.154. The van der Waals surface area contributed by atoms with Gasteiger partial charge in [0, 0.05) is 22.4 Å². The molecule has 1 amide bonds. The number of hydrogen-bond acceptors (Lipinski definition) is 2. The summed E-state index contributed by atoms with van der Waals surface area (Å²) in [6.07, 6.45) is 3.26. The number of rotatable bonds is 2. The lowest BCUT2D eigenvalue weighted by atomic mass is 10.2. The predicted molar refractivity (Wildman–Crippen MR) is 74.0 cm³/mol. The number of halogens is 2. The Bertz CT molecular complexity index is 558. The van der Waals surface area contributed by atoms with Crippen molar-refractivity contribution in [3.05, 3.63) is 57.2 Å². The van der Waals surface area contributed by atoms with Gasteiger partial charge in [0.15, 0.2) is 0 Å². The standard InChI is InChI=1S/C12H8Br2N2O/c13-9-3-1-2-8(6-9)12(17)16-11-4-5-15-7-10(11)14/h1-7H,(H,15,16,17). The fraction of sp³-hybridized carbons (Fsp3) is 0. The molecule has 86 valence electrons. The minimum Gasteiger partial charge on any atom is -0.321 e. The first-order valence-corrected chi connectivity index (χ1v) is 6.42. The lowest BCUT2D eigenvalue weighted by Gasteiger charge is -2.06. The zero-order valence-electron chi connectivity index (χ0n) is 8.65. The van der Waals surface area contributed by atoms with Gasteiger partial charge in [0.1, 0.15) is 0 Å². The van der Waals surface area contributed by atoms with Gasteiger partial charge in [-0.05, 0) is 40.2 Å². The van der Waals surface area contributed by atoms with Crippen LogP contribution in [0, 0.1) is 0 Å². The number of nitrogens with zero attached hydrogens (tertiary/aromatic N) is 1. The first kappa shape index (κ1) is 12.3. The Kier molecular flexibility index (Phi) is 3.91. The van der Waals surface area contributed by atoms with Gasteiger partial charge in [-0.2, -0.15) is 0 Å². The topological polar surface area (TPSA) is 42.0 Å². The number of amides is 1. The third-order valence-electron chi connectivity index (χ3n) is 2.11. The Labute approximate surface area is 116 Å². The zero-order chi connectivity index (χ0) is 12.3. The van der Waals surface area contributed by atoms with Crippen LogP contribution in [-0.4, -0.2) is 10.9 Å². The molecule has 0 saturated heterocycles. The average Bonchev–Trinajstić information content (AvgIpc) is 2.32. The Morgan fingerprint density at radius 3 is 2.76 bits per heavy atom. The summed E-state index contributed by atoms with van der Waals surface area (Å²) in [5.74, 6) is -0.154. The van der Waals surface area contributed by atoms with Crippen LogP contribution in [0.1, 0.15) is 10.4 Å². The average molecular weight is 356 g/mol. The SMILES string of the molecule is O=C(Nc1ccncc1Br)c1cccc(Br)c1. The third-order valence-corrected chi connectivity index (χ3v) is 3.23. The van der Waals surface area contributed by atoms with Gasteiger partial charge in [0.05, 0.1) is 10.2 Å². The Morgan fingerprint density at radius 2 is 2.06 bits per heavy atom. The predicted octanol–water partition coefficient (Wildman–Crippen LogP) is 3.86. The van der Waals surface area contributed by atoms with Gasteiger partial charge >= 0.3 is 0 Å². The van der Waals surface area contributed by atoms with Crippen LogP contribution in [0.3, 0.4) is 0 Å². The Hall–Kier alpha value is -1.20. The molecule has 0 aliphatic rings. The van der Waals surface area contributed by atoms with Crippen LogP contribution in [-0.2, 0) is 0 Å². The number of aromatic nitrogens is 1. The molecule has 0 spiro atoms. The summed E-state index contributed by atoms with van der Waals surface area (Å²) in [4.78, 5) is 15.9. The smallest absolute Gasteiger partial charge is 0.255 e. The molecule has 0 saturated carbocycles. The molecule has 1 heterocycles. The van der Waals surface area contributed by atoms with E-state index < -0.39 is 0 Å². The molecule has 0 aliphatic heterocycles. The molecular weight excluding hydrogens is 348 g/mol. The van der Waals surface area contributed by atoms with Crippen molar-refractivity contribution in [3.63, 3.8) is 0 Å². The molecule has 3 nitrogen and oxygen atoms in total. The van der Waals surface area contributed by atoms with Crippen molar-refractivity contribution < 1.29 is 4.79 Å². The van der Waals surface area contributed by atoms with Crippen LogP contribution in [0.4, 0.5) is 5.69 Å². The molecule has 5 heteroatoms. The number of hydrogen-bond donors (Lipinski definition) is 1. The number of anilines is 1. The minimum absolute atomic E-state index is 0.154. The third kappa shape index (κ3) is 3.14. The second-order valence-corrected chi connectivity index (χ2v) is 5.09.